The molecule has 0 atom stereocenters. The Morgan fingerprint density at radius 1 is 1.04 bits per heavy atom. The van der Waals surface area contributed by atoms with E-state index in [0.717, 1.165) is 17.5 Å². The molecule has 0 saturated heterocycles. The van der Waals surface area contributed by atoms with Gasteiger partial charge in [-0.05, 0) is 41.8 Å². The van der Waals surface area contributed by atoms with Crippen LogP contribution in [0.1, 0.15) is 21.5 Å². The zero-order valence-electron chi connectivity index (χ0n) is 15.0. The summed E-state index contributed by atoms with van der Waals surface area (Å²) in [7, 11) is 1.75. The topological polar surface area (TPSA) is 71.0 Å². The van der Waals surface area contributed by atoms with Crippen molar-refractivity contribution >= 4 is 11.9 Å². The number of halogens is 1. The predicted molar refractivity (Wildman–Crippen MR) is 101 cm³/mol. The molecule has 3 rings (SSSR count). The van der Waals surface area contributed by atoms with E-state index in [-0.39, 0.29) is 11.7 Å². The average Bonchev–Trinajstić information content (AvgIpc) is 2.72. The summed E-state index contributed by atoms with van der Waals surface area (Å²) in [4.78, 5) is 26.5. The van der Waals surface area contributed by atoms with E-state index in [2.05, 4.69) is 20.3 Å². The van der Waals surface area contributed by atoms with Gasteiger partial charge in [-0.2, -0.15) is 0 Å². The number of aromatic nitrogens is 3. The number of benzene rings is 1. The molecule has 2 aromatic heterocycles. The van der Waals surface area contributed by atoms with Crippen molar-refractivity contribution in [3.8, 4) is 0 Å². The van der Waals surface area contributed by atoms with Crippen molar-refractivity contribution in [2.24, 2.45) is 0 Å². The average molecular weight is 365 g/mol. The van der Waals surface area contributed by atoms with E-state index in [1.165, 1.54) is 24.5 Å². The summed E-state index contributed by atoms with van der Waals surface area (Å²) in [6.45, 7) is 1.06. The first-order valence-corrected chi connectivity index (χ1v) is 8.56. The van der Waals surface area contributed by atoms with E-state index in [1.807, 2.05) is 12.1 Å². The first-order chi connectivity index (χ1) is 13.1. The monoisotopic (exact) mass is 365 g/mol. The highest BCUT2D eigenvalue weighted by Crippen LogP contribution is 2.08. The maximum absolute atomic E-state index is 12.9. The molecular weight excluding hydrogens is 345 g/mol. The number of likely N-dealkylation sites (N-methyl/N-ethyl adjacent to an activating group) is 1. The summed E-state index contributed by atoms with van der Waals surface area (Å²) >= 11 is 0. The lowest BCUT2D eigenvalue weighted by molar-refractivity contribution is 0.0796. The molecule has 1 N–H and O–H groups in total. The van der Waals surface area contributed by atoms with Crippen LogP contribution < -0.4 is 5.32 Å². The Balaban J connectivity index is 1.52. The van der Waals surface area contributed by atoms with Gasteiger partial charge in [-0.3, -0.25) is 9.78 Å². The van der Waals surface area contributed by atoms with Crippen LogP contribution in [0.3, 0.4) is 0 Å². The van der Waals surface area contributed by atoms with E-state index in [9.17, 15) is 9.18 Å². The molecule has 0 fully saturated rings. The number of anilines is 1. The second-order valence-corrected chi connectivity index (χ2v) is 6.11. The van der Waals surface area contributed by atoms with E-state index < -0.39 is 0 Å². The number of rotatable bonds is 7. The van der Waals surface area contributed by atoms with Gasteiger partial charge >= 0.3 is 0 Å². The fourth-order valence-corrected chi connectivity index (χ4v) is 2.48. The third-order valence-electron chi connectivity index (χ3n) is 4.09. The van der Waals surface area contributed by atoms with Gasteiger partial charge in [-0.15, -0.1) is 0 Å². The molecule has 1 aromatic carbocycles. The molecule has 7 heteroatoms. The summed E-state index contributed by atoms with van der Waals surface area (Å²) in [6, 6.07) is 10.1. The summed E-state index contributed by atoms with van der Waals surface area (Å²) in [6.07, 6.45) is 7.24. The number of hydrogen-bond donors (Lipinski definition) is 1. The molecule has 0 bridgehead atoms. The zero-order valence-corrected chi connectivity index (χ0v) is 15.0. The van der Waals surface area contributed by atoms with E-state index in [0.29, 0.717) is 24.6 Å². The molecule has 0 saturated carbocycles. The highest BCUT2D eigenvalue weighted by atomic mass is 19.1. The van der Waals surface area contributed by atoms with E-state index >= 15 is 0 Å². The van der Waals surface area contributed by atoms with E-state index in [4.69, 9.17) is 0 Å². The van der Waals surface area contributed by atoms with Crippen molar-refractivity contribution in [2.45, 2.75) is 13.0 Å². The number of hydrogen-bond acceptors (Lipinski definition) is 5. The SMILES string of the molecule is CN(CCc1ccncc1)C(=O)c1cnc(NCc2ccc(F)cc2)nc1. The minimum Gasteiger partial charge on any atom is -0.350 e. The van der Waals surface area contributed by atoms with Gasteiger partial charge in [0.2, 0.25) is 5.95 Å². The number of nitrogens with zero attached hydrogens (tertiary/aromatic N) is 4. The molecule has 0 unspecified atom stereocenters. The lowest BCUT2D eigenvalue weighted by Gasteiger charge is -2.17. The molecule has 0 aliphatic rings. The highest BCUT2D eigenvalue weighted by molar-refractivity contribution is 5.93. The Hall–Kier alpha value is -3.35. The van der Waals surface area contributed by atoms with Gasteiger partial charge in [-0.25, -0.2) is 14.4 Å². The van der Waals surface area contributed by atoms with Crippen LogP contribution in [0.5, 0.6) is 0 Å². The van der Waals surface area contributed by atoms with Gasteiger partial charge in [0.1, 0.15) is 5.82 Å². The van der Waals surface area contributed by atoms with Crippen molar-refractivity contribution in [1.29, 1.82) is 0 Å². The predicted octanol–water partition coefficient (Wildman–Crippen LogP) is 2.94. The molecule has 0 aliphatic heterocycles. The van der Waals surface area contributed by atoms with Crippen LogP contribution >= 0.6 is 0 Å². The standard InChI is InChI=1S/C20H20FN5O/c1-26(11-8-15-6-9-22-10-7-15)19(27)17-13-24-20(25-14-17)23-12-16-2-4-18(21)5-3-16/h2-7,9-10,13-14H,8,11-12H2,1H3,(H,23,24,25). The Kier molecular flexibility index (Phi) is 6.04. The zero-order chi connectivity index (χ0) is 19.1. The molecule has 1 amide bonds. The summed E-state index contributed by atoms with van der Waals surface area (Å²) < 4.78 is 12.9. The molecule has 0 aliphatic carbocycles. The molecule has 0 radical (unpaired) electrons. The first-order valence-electron chi connectivity index (χ1n) is 8.56. The van der Waals surface area contributed by atoms with Gasteiger partial charge in [0.25, 0.3) is 5.91 Å². The lowest BCUT2D eigenvalue weighted by atomic mass is 10.2. The van der Waals surface area contributed by atoms with Crippen molar-refractivity contribution in [3.05, 3.63) is 83.7 Å². The molecule has 27 heavy (non-hydrogen) atoms. The van der Waals surface area contributed by atoms with Crippen LogP contribution in [-0.4, -0.2) is 39.4 Å². The third kappa shape index (κ3) is 5.31. The Labute approximate surface area is 157 Å². The molecule has 2 heterocycles. The van der Waals surface area contributed by atoms with Crippen molar-refractivity contribution in [2.75, 3.05) is 18.9 Å². The third-order valence-corrected chi connectivity index (χ3v) is 4.09. The van der Waals surface area contributed by atoms with E-state index in [1.54, 1.807) is 36.5 Å². The highest BCUT2D eigenvalue weighted by Gasteiger charge is 2.12. The number of carbonyl (C=O) groups is 1. The van der Waals surface area contributed by atoms with Crippen molar-refractivity contribution in [1.82, 2.24) is 19.9 Å². The molecule has 0 spiro atoms. The summed E-state index contributed by atoms with van der Waals surface area (Å²) in [5.41, 5.74) is 2.47. The quantitative estimate of drug-likeness (QED) is 0.697. The van der Waals surface area contributed by atoms with Crippen LogP contribution in [-0.2, 0) is 13.0 Å². The smallest absolute Gasteiger partial charge is 0.256 e. The Morgan fingerprint density at radius 3 is 2.37 bits per heavy atom. The van der Waals surface area contributed by atoms with Crippen LogP contribution in [0.25, 0.3) is 0 Å². The molecule has 6 nitrogen and oxygen atoms in total. The summed E-state index contributed by atoms with van der Waals surface area (Å²) in [5, 5.41) is 3.05. The molecule has 138 valence electrons. The van der Waals surface area contributed by atoms with Crippen molar-refractivity contribution < 1.29 is 9.18 Å². The maximum atomic E-state index is 12.9. The second kappa shape index (κ2) is 8.84. The number of carbonyl (C=O) groups excluding carboxylic acids is 1. The van der Waals surface area contributed by atoms with Gasteiger partial charge in [0.15, 0.2) is 0 Å². The van der Waals surface area contributed by atoms with Crippen LogP contribution in [0.15, 0.2) is 61.2 Å². The number of pyridine rings is 1. The fourth-order valence-electron chi connectivity index (χ4n) is 2.48. The van der Waals surface area contributed by atoms with Crippen LogP contribution in [0, 0.1) is 5.82 Å². The van der Waals surface area contributed by atoms with Gasteiger partial charge in [0, 0.05) is 44.9 Å². The van der Waals surface area contributed by atoms with Crippen molar-refractivity contribution in [3.63, 3.8) is 0 Å². The minimum atomic E-state index is -0.272. The van der Waals surface area contributed by atoms with Crippen LogP contribution in [0.4, 0.5) is 10.3 Å². The molecule has 3 aromatic rings. The fraction of sp³-hybridized carbons (Fsp3) is 0.200. The maximum Gasteiger partial charge on any atom is 0.256 e. The number of nitrogens with one attached hydrogen (secondary N) is 1. The normalized spacial score (nSPS) is 10.4. The second-order valence-electron chi connectivity index (χ2n) is 6.11. The summed E-state index contributed by atoms with van der Waals surface area (Å²) in [5.74, 6) is 0.00960. The largest absolute Gasteiger partial charge is 0.350 e. The minimum absolute atomic E-state index is 0.130. The van der Waals surface area contributed by atoms with Gasteiger partial charge in [-0.1, -0.05) is 12.1 Å². The Morgan fingerprint density at radius 2 is 1.70 bits per heavy atom. The van der Waals surface area contributed by atoms with Crippen LogP contribution in [0.2, 0.25) is 0 Å². The Bertz CT molecular complexity index is 869. The van der Waals surface area contributed by atoms with Gasteiger partial charge < -0.3 is 10.2 Å². The number of amides is 1. The van der Waals surface area contributed by atoms with Gasteiger partial charge in [0.05, 0.1) is 5.56 Å². The first kappa shape index (κ1) is 18.4. The molecular formula is C20H20FN5O. The lowest BCUT2D eigenvalue weighted by Crippen LogP contribution is -2.29.